The van der Waals surface area contributed by atoms with E-state index in [0.29, 0.717) is 29.4 Å². The largest absolute Gasteiger partial charge is 0.490 e. The van der Waals surface area contributed by atoms with Crippen molar-refractivity contribution in [3.63, 3.8) is 0 Å². The maximum absolute atomic E-state index is 13.2. The van der Waals surface area contributed by atoms with Crippen LogP contribution in [0.3, 0.4) is 0 Å². The SMILES string of the molecule is CCOc1cc(/C=C2\SC(=S)N(c3cccc(C(F)(F)F)c3)C2=O)ccc1OCC(=O)Nc1cccc(C)c1. The fraction of sp³-hybridized carbons (Fsp3) is 0.179. The molecule has 11 heteroatoms. The summed E-state index contributed by atoms with van der Waals surface area (Å²) in [6.45, 7) is 3.79. The van der Waals surface area contributed by atoms with Gasteiger partial charge in [0.05, 0.1) is 22.8 Å². The third-order valence-corrected chi connectivity index (χ3v) is 6.75. The predicted molar refractivity (Wildman–Crippen MR) is 150 cm³/mol. The van der Waals surface area contributed by atoms with Crippen LogP contribution in [0.15, 0.2) is 71.6 Å². The van der Waals surface area contributed by atoms with E-state index < -0.39 is 17.6 Å². The number of alkyl halides is 3. The van der Waals surface area contributed by atoms with Gasteiger partial charge in [0.25, 0.3) is 11.8 Å². The summed E-state index contributed by atoms with van der Waals surface area (Å²) in [5.41, 5.74) is 1.42. The van der Waals surface area contributed by atoms with Crippen molar-refractivity contribution in [1.29, 1.82) is 0 Å². The van der Waals surface area contributed by atoms with Crippen LogP contribution in [0.4, 0.5) is 24.5 Å². The monoisotopic (exact) mass is 572 g/mol. The predicted octanol–water partition coefficient (Wildman–Crippen LogP) is 6.84. The zero-order valence-electron chi connectivity index (χ0n) is 20.9. The van der Waals surface area contributed by atoms with Crippen molar-refractivity contribution in [2.45, 2.75) is 20.0 Å². The molecular weight excluding hydrogens is 549 g/mol. The maximum Gasteiger partial charge on any atom is 0.416 e. The molecule has 3 aromatic carbocycles. The third kappa shape index (κ3) is 6.98. The Bertz CT molecular complexity index is 1460. The normalized spacial score (nSPS) is 14.6. The Morgan fingerprint density at radius 3 is 2.54 bits per heavy atom. The molecule has 6 nitrogen and oxygen atoms in total. The summed E-state index contributed by atoms with van der Waals surface area (Å²) >= 11 is 6.28. The van der Waals surface area contributed by atoms with E-state index in [1.807, 2.05) is 25.1 Å². The molecule has 202 valence electrons. The number of hydrogen-bond donors (Lipinski definition) is 1. The van der Waals surface area contributed by atoms with Gasteiger partial charge in [0.15, 0.2) is 22.4 Å². The van der Waals surface area contributed by atoms with Crippen molar-refractivity contribution in [3.8, 4) is 11.5 Å². The number of hydrogen-bond acceptors (Lipinski definition) is 6. The summed E-state index contributed by atoms with van der Waals surface area (Å²) in [5.74, 6) is -0.173. The number of benzene rings is 3. The molecule has 1 aliphatic heterocycles. The summed E-state index contributed by atoms with van der Waals surface area (Å²) in [6.07, 6.45) is -2.98. The van der Waals surface area contributed by atoms with Gasteiger partial charge in [0.1, 0.15) is 0 Å². The van der Waals surface area contributed by atoms with E-state index in [1.54, 1.807) is 37.3 Å². The molecule has 2 amide bonds. The van der Waals surface area contributed by atoms with Crippen LogP contribution in [-0.4, -0.2) is 29.3 Å². The Hall–Kier alpha value is -3.83. The number of nitrogens with one attached hydrogen (secondary N) is 1. The van der Waals surface area contributed by atoms with E-state index in [2.05, 4.69) is 5.32 Å². The van der Waals surface area contributed by atoms with Gasteiger partial charge in [0.2, 0.25) is 0 Å². The van der Waals surface area contributed by atoms with Crippen molar-refractivity contribution in [2.75, 3.05) is 23.4 Å². The zero-order chi connectivity index (χ0) is 28.2. The standard InChI is InChI=1S/C28H23F3N2O4S2/c1-3-36-23-13-18(10-11-22(23)37-16-25(34)32-20-8-4-6-17(2)12-20)14-24-26(35)33(27(38)39-24)21-9-5-7-19(15-21)28(29,30)31/h4-15H,3,16H2,1-2H3,(H,32,34)/b24-14-. The molecule has 1 N–H and O–H groups in total. The minimum atomic E-state index is -4.55. The fourth-order valence-electron chi connectivity index (χ4n) is 3.73. The van der Waals surface area contributed by atoms with Crippen LogP contribution >= 0.6 is 24.0 Å². The number of halogens is 3. The lowest BCUT2D eigenvalue weighted by Crippen LogP contribution is -2.27. The summed E-state index contributed by atoms with van der Waals surface area (Å²) < 4.78 is 51.0. The molecule has 0 unspecified atom stereocenters. The van der Waals surface area contributed by atoms with Crippen LogP contribution in [0.2, 0.25) is 0 Å². The highest BCUT2D eigenvalue weighted by Crippen LogP contribution is 2.39. The van der Waals surface area contributed by atoms with Crippen LogP contribution in [-0.2, 0) is 15.8 Å². The molecule has 1 heterocycles. The van der Waals surface area contributed by atoms with Crippen LogP contribution in [0.5, 0.6) is 11.5 Å². The van der Waals surface area contributed by atoms with Gasteiger partial charge in [-0.3, -0.25) is 14.5 Å². The number of nitrogens with zero attached hydrogens (tertiary/aromatic N) is 1. The minimum Gasteiger partial charge on any atom is -0.490 e. The lowest BCUT2D eigenvalue weighted by Gasteiger charge is -2.16. The summed E-state index contributed by atoms with van der Waals surface area (Å²) in [7, 11) is 0. The Kier molecular flexibility index (Phi) is 8.61. The summed E-state index contributed by atoms with van der Waals surface area (Å²) in [6, 6.07) is 16.8. The molecule has 0 spiro atoms. The Morgan fingerprint density at radius 2 is 1.82 bits per heavy atom. The molecule has 4 rings (SSSR count). The average Bonchev–Trinajstić information content (AvgIpc) is 3.15. The van der Waals surface area contributed by atoms with E-state index in [-0.39, 0.29) is 27.4 Å². The van der Waals surface area contributed by atoms with Crippen LogP contribution in [0, 0.1) is 6.92 Å². The molecule has 0 atom stereocenters. The zero-order valence-corrected chi connectivity index (χ0v) is 22.5. The van der Waals surface area contributed by atoms with E-state index in [0.717, 1.165) is 34.4 Å². The number of thiocarbonyl (C=S) groups is 1. The Morgan fingerprint density at radius 1 is 1.05 bits per heavy atom. The van der Waals surface area contributed by atoms with E-state index in [9.17, 15) is 22.8 Å². The van der Waals surface area contributed by atoms with Crippen LogP contribution in [0.1, 0.15) is 23.6 Å². The van der Waals surface area contributed by atoms with Crippen LogP contribution in [0.25, 0.3) is 6.08 Å². The molecule has 0 bridgehead atoms. The van der Waals surface area contributed by atoms with Crippen molar-refractivity contribution in [2.24, 2.45) is 0 Å². The highest BCUT2D eigenvalue weighted by molar-refractivity contribution is 8.27. The van der Waals surface area contributed by atoms with Gasteiger partial charge in [-0.25, -0.2) is 0 Å². The number of carbonyl (C=O) groups excluding carboxylic acids is 2. The molecule has 0 aromatic heterocycles. The third-order valence-electron chi connectivity index (χ3n) is 5.45. The first-order valence-corrected chi connectivity index (χ1v) is 13.0. The van der Waals surface area contributed by atoms with Gasteiger partial charge in [-0.1, -0.05) is 48.2 Å². The summed E-state index contributed by atoms with van der Waals surface area (Å²) in [4.78, 5) is 26.7. The first kappa shape index (κ1) is 28.2. The van der Waals surface area contributed by atoms with Gasteiger partial charge in [-0.15, -0.1) is 0 Å². The van der Waals surface area contributed by atoms with Gasteiger partial charge in [-0.2, -0.15) is 13.2 Å². The van der Waals surface area contributed by atoms with Gasteiger partial charge >= 0.3 is 6.18 Å². The second-order valence-electron chi connectivity index (χ2n) is 8.41. The smallest absolute Gasteiger partial charge is 0.416 e. The van der Waals surface area contributed by atoms with E-state index in [1.165, 1.54) is 12.1 Å². The fourth-order valence-corrected chi connectivity index (χ4v) is 5.03. The van der Waals surface area contributed by atoms with Crippen molar-refractivity contribution in [3.05, 3.63) is 88.3 Å². The first-order chi connectivity index (χ1) is 18.5. The number of amides is 2. The molecule has 0 saturated carbocycles. The van der Waals surface area contributed by atoms with Crippen molar-refractivity contribution in [1.82, 2.24) is 0 Å². The van der Waals surface area contributed by atoms with E-state index >= 15 is 0 Å². The first-order valence-electron chi connectivity index (χ1n) is 11.8. The molecule has 1 saturated heterocycles. The number of aryl methyl sites for hydroxylation is 1. The van der Waals surface area contributed by atoms with Gasteiger partial charge in [0, 0.05) is 5.69 Å². The molecule has 0 radical (unpaired) electrons. The second kappa shape index (κ2) is 11.9. The molecule has 0 aliphatic carbocycles. The number of ether oxygens (including phenoxy) is 2. The molecule has 39 heavy (non-hydrogen) atoms. The number of carbonyl (C=O) groups is 2. The molecular formula is C28H23F3N2O4S2. The lowest BCUT2D eigenvalue weighted by atomic mass is 10.1. The molecule has 1 fully saturated rings. The van der Waals surface area contributed by atoms with Crippen molar-refractivity contribution < 1.29 is 32.2 Å². The van der Waals surface area contributed by atoms with Gasteiger partial charge < -0.3 is 14.8 Å². The topological polar surface area (TPSA) is 67.9 Å². The Balaban J connectivity index is 1.49. The second-order valence-corrected chi connectivity index (χ2v) is 10.1. The van der Waals surface area contributed by atoms with Crippen LogP contribution < -0.4 is 19.7 Å². The molecule has 1 aliphatic rings. The average molecular weight is 573 g/mol. The quantitative estimate of drug-likeness (QED) is 0.236. The minimum absolute atomic E-state index is 0.0402. The number of rotatable bonds is 8. The lowest BCUT2D eigenvalue weighted by molar-refractivity contribution is -0.137. The van der Waals surface area contributed by atoms with Gasteiger partial charge in [-0.05, 0) is 73.5 Å². The summed E-state index contributed by atoms with van der Waals surface area (Å²) in [5, 5.41) is 2.77. The number of thioether (sulfide) groups is 1. The molecule has 3 aromatic rings. The highest BCUT2D eigenvalue weighted by atomic mass is 32.2. The van der Waals surface area contributed by atoms with Crippen molar-refractivity contribution >= 4 is 57.6 Å². The highest BCUT2D eigenvalue weighted by Gasteiger charge is 2.36. The maximum atomic E-state index is 13.2. The van der Waals surface area contributed by atoms with E-state index in [4.69, 9.17) is 21.7 Å². The Labute approximate surface area is 232 Å². The number of anilines is 2.